The van der Waals surface area contributed by atoms with E-state index in [2.05, 4.69) is 0 Å². The second-order valence-corrected chi connectivity index (χ2v) is 3.34. The summed E-state index contributed by atoms with van der Waals surface area (Å²) in [6.07, 6.45) is 1.15. The van der Waals surface area contributed by atoms with E-state index in [0.29, 0.717) is 12.8 Å². The fourth-order valence-electron chi connectivity index (χ4n) is 0.924. The van der Waals surface area contributed by atoms with Crippen LogP contribution in [0.15, 0.2) is 0 Å². The molecule has 0 aromatic rings. The molecule has 2 atom stereocenters. The third-order valence-electron chi connectivity index (χ3n) is 2.19. The maximum Gasteiger partial charge on any atom is 0.306 e. The Hall–Kier alpha value is -0.860. The third kappa shape index (κ3) is 4.11. The average Bonchev–Trinajstić information content (AvgIpc) is 1.98. The van der Waals surface area contributed by atoms with Gasteiger partial charge in [-0.25, -0.2) is 0 Å². The molecule has 0 rings (SSSR count). The summed E-state index contributed by atoms with van der Waals surface area (Å²) in [6, 6.07) is 0. The summed E-state index contributed by atoms with van der Waals surface area (Å²) in [5.74, 6) is -0.943. The van der Waals surface area contributed by atoms with Gasteiger partial charge in [0.2, 0.25) is 0 Å². The SMILES string of the molecule is CC(=O)CCC(C)C(C)C(=O)O. The molecular weight excluding hydrogens is 156 g/mol. The molecule has 0 saturated heterocycles. The molecule has 2 unspecified atom stereocenters. The third-order valence-corrected chi connectivity index (χ3v) is 2.19. The van der Waals surface area contributed by atoms with Gasteiger partial charge in [0.1, 0.15) is 5.78 Å². The number of ketones is 1. The second-order valence-electron chi connectivity index (χ2n) is 3.34. The molecule has 3 heteroatoms. The number of rotatable bonds is 5. The fraction of sp³-hybridized carbons (Fsp3) is 0.778. The van der Waals surface area contributed by atoms with Crippen molar-refractivity contribution in [3.8, 4) is 0 Å². The Morgan fingerprint density at radius 2 is 1.83 bits per heavy atom. The zero-order valence-corrected chi connectivity index (χ0v) is 7.83. The van der Waals surface area contributed by atoms with Crippen LogP contribution in [-0.2, 0) is 9.59 Å². The Morgan fingerprint density at radius 1 is 1.33 bits per heavy atom. The molecule has 0 amide bonds. The van der Waals surface area contributed by atoms with Crippen molar-refractivity contribution in [3.05, 3.63) is 0 Å². The Balaban J connectivity index is 3.79. The van der Waals surface area contributed by atoms with Gasteiger partial charge in [-0.2, -0.15) is 0 Å². The van der Waals surface area contributed by atoms with Gasteiger partial charge in [-0.1, -0.05) is 13.8 Å². The summed E-state index contributed by atoms with van der Waals surface area (Å²) in [7, 11) is 0. The zero-order valence-electron chi connectivity index (χ0n) is 7.83. The van der Waals surface area contributed by atoms with Crippen LogP contribution in [0.3, 0.4) is 0 Å². The first-order valence-electron chi connectivity index (χ1n) is 4.17. The van der Waals surface area contributed by atoms with Crippen molar-refractivity contribution in [1.29, 1.82) is 0 Å². The van der Waals surface area contributed by atoms with E-state index < -0.39 is 5.97 Å². The van der Waals surface area contributed by atoms with Crippen LogP contribution in [0, 0.1) is 11.8 Å². The Morgan fingerprint density at radius 3 is 2.17 bits per heavy atom. The van der Waals surface area contributed by atoms with Gasteiger partial charge in [-0.15, -0.1) is 0 Å². The lowest BCUT2D eigenvalue weighted by Crippen LogP contribution is -2.18. The minimum absolute atomic E-state index is 0.0754. The van der Waals surface area contributed by atoms with Gasteiger partial charge < -0.3 is 9.90 Å². The van der Waals surface area contributed by atoms with E-state index >= 15 is 0 Å². The predicted molar refractivity (Wildman–Crippen MR) is 45.9 cm³/mol. The summed E-state index contributed by atoms with van der Waals surface area (Å²) in [6.45, 7) is 5.06. The summed E-state index contributed by atoms with van der Waals surface area (Å²) >= 11 is 0. The predicted octanol–water partition coefficient (Wildman–Crippen LogP) is 1.71. The molecule has 0 aliphatic rings. The Bertz CT molecular complexity index is 175. The lowest BCUT2D eigenvalue weighted by molar-refractivity contribution is -0.143. The van der Waals surface area contributed by atoms with Crippen molar-refractivity contribution in [2.45, 2.75) is 33.6 Å². The van der Waals surface area contributed by atoms with Gasteiger partial charge in [0.25, 0.3) is 0 Å². The number of Topliss-reactive ketones (excluding diaryl/α,β-unsaturated/α-hetero) is 1. The molecule has 0 saturated carbocycles. The number of carbonyl (C=O) groups is 2. The largest absolute Gasteiger partial charge is 0.481 e. The van der Waals surface area contributed by atoms with Gasteiger partial charge >= 0.3 is 5.97 Å². The summed E-state index contributed by atoms with van der Waals surface area (Å²) in [5.41, 5.74) is 0. The van der Waals surface area contributed by atoms with Crippen LogP contribution in [0.4, 0.5) is 0 Å². The Labute approximate surface area is 72.8 Å². The number of carboxylic acids is 1. The number of hydrogen-bond donors (Lipinski definition) is 1. The lowest BCUT2D eigenvalue weighted by Gasteiger charge is -2.14. The Kier molecular flexibility index (Phi) is 4.55. The van der Waals surface area contributed by atoms with Crippen molar-refractivity contribution < 1.29 is 14.7 Å². The minimum atomic E-state index is -0.786. The molecule has 1 N–H and O–H groups in total. The van der Waals surface area contributed by atoms with Crippen molar-refractivity contribution in [2.24, 2.45) is 11.8 Å². The van der Waals surface area contributed by atoms with Gasteiger partial charge in [0.15, 0.2) is 0 Å². The summed E-state index contributed by atoms with van der Waals surface area (Å²) < 4.78 is 0. The first-order valence-corrected chi connectivity index (χ1v) is 4.17. The smallest absolute Gasteiger partial charge is 0.306 e. The summed E-state index contributed by atoms with van der Waals surface area (Å²) in [4.78, 5) is 21.1. The lowest BCUT2D eigenvalue weighted by atomic mass is 9.91. The zero-order chi connectivity index (χ0) is 9.72. The second kappa shape index (κ2) is 4.91. The molecule has 12 heavy (non-hydrogen) atoms. The van der Waals surface area contributed by atoms with E-state index in [1.165, 1.54) is 6.92 Å². The minimum Gasteiger partial charge on any atom is -0.481 e. The topological polar surface area (TPSA) is 54.4 Å². The highest BCUT2D eigenvalue weighted by Crippen LogP contribution is 2.16. The van der Waals surface area contributed by atoms with Crippen LogP contribution in [0.1, 0.15) is 33.6 Å². The maximum absolute atomic E-state index is 10.6. The van der Waals surface area contributed by atoms with Crippen molar-refractivity contribution in [1.82, 2.24) is 0 Å². The van der Waals surface area contributed by atoms with E-state index in [1.54, 1.807) is 6.92 Å². The van der Waals surface area contributed by atoms with Crippen LogP contribution in [0.2, 0.25) is 0 Å². The first-order chi connectivity index (χ1) is 5.45. The molecule has 0 aromatic carbocycles. The highest BCUT2D eigenvalue weighted by atomic mass is 16.4. The number of hydrogen-bond acceptors (Lipinski definition) is 2. The molecule has 0 aliphatic carbocycles. The number of carboxylic acid groups (broad SMARTS) is 1. The van der Waals surface area contributed by atoms with Gasteiger partial charge in [-0.3, -0.25) is 4.79 Å². The normalized spacial score (nSPS) is 15.2. The van der Waals surface area contributed by atoms with Crippen molar-refractivity contribution in [2.75, 3.05) is 0 Å². The van der Waals surface area contributed by atoms with Crippen molar-refractivity contribution >= 4 is 11.8 Å². The quantitative estimate of drug-likeness (QED) is 0.686. The van der Waals surface area contributed by atoms with Gasteiger partial charge in [-0.05, 0) is 19.3 Å². The molecular formula is C9H16O3. The van der Waals surface area contributed by atoms with Crippen LogP contribution < -0.4 is 0 Å². The van der Waals surface area contributed by atoms with Gasteiger partial charge in [0.05, 0.1) is 5.92 Å². The molecule has 0 bridgehead atoms. The molecule has 0 radical (unpaired) electrons. The average molecular weight is 172 g/mol. The highest BCUT2D eigenvalue weighted by Gasteiger charge is 2.18. The molecule has 0 aromatic heterocycles. The van der Waals surface area contributed by atoms with E-state index in [1.807, 2.05) is 6.92 Å². The molecule has 70 valence electrons. The monoisotopic (exact) mass is 172 g/mol. The highest BCUT2D eigenvalue weighted by molar-refractivity contribution is 5.75. The summed E-state index contributed by atoms with van der Waals surface area (Å²) in [5, 5.41) is 8.63. The first kappa shape index (κ1) is 11.1. The van der Waals surface area contributed by atoms with Crippen LogP contribution >= 0.6 is 0 Å². The van der Waals surface area contributed by atoms with Crippen LogP contribution in [-0.4, -0.2) is 16.9 Å². The van der Waals surface area contributed by atoms with E-state index in [0.717, 1.165) is 0 Å². The molecule has 0 fully saturated rings. The van der Waals surface area contributed by atoms with Crippen LogP contribution in [0.5, 0.6) is 0 Å². The standard InChI is InChI=1S/C9H16O3/c1-6(4-5-7(2)10)8(3)9(11)12/h6,8H,4-5H2,1-3H3,(H,11,12). The fourth-order valence-corrected chi connectivity index (χ4v) is 0.924. The van der Waals surface area contributed by atoms with Gasteiger partial charge in [0, 0.05) is 6.42 Å². The molecule has 0 heterocycles. The van der Waals surface area contributed by atoms with Crippen LogP contribution in [0.25, 0.3) is 0 Å². The molecule has 3 nitrogen and oxygen atoms in total. The number of carbonyl (C=O) groups excluding carboxylic acids is 1. The van der Waals surface area contributed by atoms with Crippen molar-refractivity contribution in [3.63, 3.8) is 0 Å². The number of aliphatic carboxylic acids is 1. The maximum atomic E-state index is 10.6. The van der Waals surface area contributed by atoms with E-state index in [4.69, 9.17) is 5.11 Å². The van der Waals surface area contributed by atoms with E-state index in [-0.39, 0.29) is 17.6 Å². The molecule has 0 spiro atoms. The molecule has 0 aliphatic heterocycles. The van der Waals surface area contributed by atoms with E-state index in [9.17, 15) is 9.59 Å².